The lowest BCUT2D eigenvalue weighted by Crippen LogP contribution is -2.14. The highest BCUT2D eigenvalue weighted by Crippen LogP contribution is 2.24. The molecule has 0 saturated carbocycles. The molecule has 100 valence electrons. The summed E-state index contributed by atoms with van der Waals surface area (Å²) in [7, 11) is 0. The molecule has 0 fully saturated rings. The van der Waals surface area contributed by atoms with E-state index in [1.165, 1.54) is 0 Å². The van der Waals surface area contributed by atoms with Crippen molar-refractivity contribution in [3.63, 3.8) is 0 Å². The van der Waals surface area contributed by atoms with Crippen LogP contribution in [0.15, 0.2) is 60.8 Å². The van der Waals surface area contributed by atoms with Gasteiger partial charge < -0.3 is 5.73 Å². The largest absolute Gasteiger partial charge is 0.324 e. The summed E-state index contributed by atoms with van der Waals surface area (Å²) in [4.78, 5) is 4.37. The Labute approximate surface area is 123 Å². The van der Waals surface area contributed by atoms with Crippen molar-refractivity contribution < 1.29 is 0 Å². The highest BCUT2D eigenvalue weighted by atomic mass is 35.5. The number of aromatic nitrogens is 1. The first kappa shape index (κ1) is 13.1. The quantitative estimate of drug-likeness (QED) is 0.784. The van der Waals surface area contributed by atoms with Crippen LogP contribution in [0.25, 0.3) is 10.9 Å². The van der Waals surface area contributed by atoms with Gasteiger partial charge in [-0.2, -0.15) is 0 Å². The second-order valence-electron chi connectivity index (χ2n) is 4.86. The van der Waals surface area contributed by atoms with E-state index in [0.29, 0.717) is 0 Å². The van der Waals surface area contributed by atoms with Crippen molar-refractivity contribution in [2.45, 2.75) is 12.5 Å². The van der Waals surface area contributed by atoms with Gasteiger partial charge >= 0.3 is 0 Å². The number of nitrogens with zero attached hydrogens (tertiary/aromatic N) is 1. The van der Waals surface area contributed by atoms with E-state index in [-0.39, 0.29) is 6.04 Å². The maximum Gasteiger partial charge on any atom is 0.0705 e. The third-order valence-corrected chi connectivity index (χ3v) is 3.66. The Morgan fingerprint density at radius 1 is 1.05 bits per heavy atom. The number of benzene rings is 2. The number of hydrogen-bond acceptors (Lipinski definition) is 2. The van der Waals surface area contributed by atoms with Crippen molar-refractivity contribution in [1.82, 2.24) is 4.98 Å². The maximum absolute atomic E-state index is 6.37. The van der Waals surface area contributed by atoms with Crippen LogP contribution < -0.4 is 5.73 Å². The summed E-state index contributed by atoms with van der Waals surface area (Å²) in [6.45, 7) is 0. The van der Waals surface area contributed by atoms with Crippen molar-refractivity contribution in [1.29, 1.82) is 0 Å². The number of fused-ring (bicyclic) bond motifs is 1. The van der Waals surface area contributed by atoms with Gasteiger partial charge in [0.15, 0.2) is 0 Å². The molecule has 1 atom stereocenters. The van der Waals surface area contributed by atoms with Crippen LogP contribution in [0.2, 0.25) is 5.02 Å². The minimum atomic E-state index is -0.0682. The predicted molar refractivity (Wildman–Crippen MR) is 83.8 cm³/mol. The van der Waals surface area contributed by atoms with Crippen molar-refractivity contribution in [2.75, 3.05) is 0 Å². The lowest BCUT2D eigenvalue weighted by atomic mass is 9.97. The molecule has 0 radical (unpaired) electrons. The second-order valence-corrected chi connectivity index (χ2v) is 5.29. The van der Waals surface area contributed by atoms with Gasteiger partial charge in [-0.1, -0.05) is 41.9 Å². The van der Waals surface area contributed by atoms with Gasteiger partial charge in [-0.3, -0.25) is 4.98 Å². The summed E-state index contributed by atoms with van der Waals surface area (Å²) >= 11 is 6.02. The fraction of sp³-hybridized carbons (Fsp3) is 0.118. The molecule has 3 aromatic rings. The summed E-state index contributed by atoms with van der Waals surface area (Å²) in [6, 6.07) is 17.8. The number of hydrogen-bond donors (Lipinski definition) is 1. The minimum absolute atomic E-state index is 0.0682. The van der Waals surface area contributed by atoms with Crippen molar-refractivity contribution in [2.24, 2.45) is 5.73 Å². The standard InChI is InChI=1S/C17H15ClN2/c18-13-5-3-4-12(10-13)11-16(19)14-8-9-20-17-7-2-1-6-15(14)17/h1-10,16H,11,19H2. The van der Waals surface area contributed by atoms with Crippen molar-refractivity contribution in [3.8, 4) is 0 Å². The first-order valence-electron chi connectivity index (χ1n) is 6.58. The molecule has 3 heteroatoms. The van der Waals surface area contributed by atoms with E-state index in [4.69, 9.17) is 17.3 Å². The average molecular weight is 283 g/mol. The molecule has 0 aliphatic carbocycles. The van der Waals surface area contributed by atoms with Crippen LogP contribution in [0.5, 0.6) is 0 Å². The van der Waals surface area contributed by atoms with Gasteiger partial charge in [0.2, 0.25) is 0 Å². The summed E-state index contributed by atoms with van der Waals surface area (Å²) < 4.78 is 0. The second kappa shape index (κ2) is 5.61. The predicted octanol–water partition coefficient (Wildman–Crippen LogP) is 4.13. The van der Waals surface area contributed by atoms with Gasteiger partial charge in [-0.05, 0) is 41.8 Å². The Hall–Kier alpha value is -1.90. The van der Waals surface area contributed by atoms with Gasteiger partial charge in [0.05, 0.1) is 5.52 Å². The number of para-hydroxylation sites is 1. The van der Waals surface area contributed by atoms with Gasteiger partial charge in [0.25, 0.3) is 0 Å². The van der Waals surface area contributed by atoms with Crippen molar-refractivity contribution in [3.05, 3.63) is 76.9 Å². The number of nitrogens with two attached hydrogens (primary N) is 1. The molecule has 1 heterocycles. The van der Waals surface area contributed by atoms with Crippen molar-refractivity contribution >= 4 is 22.5 Å². The van der Waals surface area contributed by atoms with Crippen LogP contribution >= 0.6 is 11.6 Å². The van der Waals surface area contributed by atoms with E-state index in [2.05, 4.69) is 17.1 Å². The highest BCUT2D eigenvalue weighted by Gasteiger charge is 2.11. The molecular formula is C17H15ClN2. The van der Waals surface area contributed by atoms with E-state index >= 15 is 0 Å². The fourth-order valence-corrected chi connectivity index (χ4v) is 2.68. The molecule has 0 saturated heterocycles. The van der Waals surface area contributed by atoms with Crippen LogP contribution in [-0.4, -0.2) is 4.98 Å². The van der Waals surface area contributed by atoms with Gasteiger partial charge in [-0.15, -0.1) is 0 Å². The smallest absolute Gasteiger partial charge is 0.0705 e. The molecule has 2 nitrogen and oxygen atoms in total. The van der Waals surface area contributed by atoms with Crippen LogP contribution in [0.1, 0.15) is 17.2 Å². The minimum Gasteiger partial charge on any atom is -0.324 e. The third-order valence-electron chi connectivity index (χ3n) is 3.43. The Morgan fingerprint density at radius 2 is 1.90 bits per heavy atom. The van der Waals surface area contributed by atoms with E-state index in [1.54, 1.807) is 0 Å². The Balaban J connectivity index is 1.94. The van der Waals surface area contributed by atoms with Crippen LogP contribution in [-0.2, 0) is 6.42 Å². The zero-order valence-corrected chi connectivity index (χ0v) is 11.7. The van der Waals surface area contributed by atoms with E-state index < -0.39 is 0 Å². The molecule has 0 spiro atoms. The van der Waals surface area contributed by atoms with E-state index in [9.17, 15) is 0 Å². The molecule has 0 bridgehead atoms. The van der Waals surface area contributed by atoms with E-state index in [1.807, 2.05) is 48.7 Å². The molecular weight excluding hydrogens is 268 g/mol. The molecule has 2 aromatic carbocycles. The third kappa shape index (κ3) is 2.67. The van der Waals surface area contributed by atoms with Crippen LogP contribution in [0.4, 0.5) is 0 Å². The molecule has 20 heavy (non-hydrogen) atoms. The van der Waals surface area contributed by atoms with Gasteiger partial charge in [-0.25, -0.2) is 0 Å². The molecule has 1 unspecified atom stereocenters. The SMILES string of the molecule is NC(Cc1cccc(Cl)c1)c1ccnc2ccccc12. The monoisotopic (exact) mass is 282 g/mol. The van der Waals surface area contributed by atoms with Crippen LogP contribution in [0, 0.1) is 0 Å². The maximum atomic E-state index is 6.37. The summed E-state index contributed by atoms with van der Waals surface area (Å²) in [5.41, 5.74) is 9.62. The molecule has 2 N–H and O–H groups in total. The van der Waals surface area contributed by atoms with Crippen LogP contribution in [0.3, 0.4) is 0 Å². The first-order valence-corrected chi connectivity index (χ1v) is 6.95. The van der Waals surface area contributed by atoms with Gasteiger partial charge in [0, 0.05) is 22.6 Å². The Bertz CT molecular complexity index is 734. The molecule has 0 aliphatic heterocycles. The number of rotatable bonds is 3. The molecule has 0 amide bonds. The Morgan fingerprint density at radius 3 is 2.75 bits per heavy atom. The summed E-state index contributed by atoms with van der Waals surface area (Å²) in [6.07, 6.45) is 2.57. The topological polar surface area (TPSA) is 38.9 Å². The lowest BCUT2D eigenvalue weighted by Gasteiger charge is -2.14. The van der Waals surface area contributed by atoms with Gasteiger partial charge in [0.1, 0.15) is 0 Å². The fourth-order valence-electron chi connectivity index (χ4n) is 2.47. The first-order chi connectivity index (χ1) is 9.74. The highest BCUT2D eigenvalue weighted by molar-refractivity contribution is 6.30. The normalized spacial score (nSPS) is 12.5. The Kier molecular flexibility index (Phi) is 3.68. The summed E-state index contributed by atoms with van der Waals surface area (Å²) in [5, 5.41) is 1.86. The molecule has 0 aliphatic rings. The number of halogens is 1. The number of pyridine rings is 1. The lowest BCUT2D eigenvalue weighted by molar-refractivity contribution is 0.727. The summed E-state index contributed by atoms with van der Waals surface area (Å²) in [5.74, 6) is 0. The average Bonchev–Trinajstić information content (AvgIpc) is 2.46. The molecule has 1 aromatic heterocycles. The van der Waals surface area contributed by atoms with E-state index in [0.717, 1.165) is 33.5 Å². The molecule has 3 rings (SSSR count). The zero-order chi connectivity index (χ0) is 13.9. The zero-order valence-electron chi connectivity index (χ0n) is 11.0.